The zero-order chi connectivity index (χ0) is 8.91. The Morgan fingerprint density at radius 2 is 1.91 bits per heavy atom. The van der Waals surface area contributed by atoms with Gasteiger partial charge >= 0.3 is 0 Å². The Morgan fingerprint density at radius 3 is 2.18 bits per heavy atom. The molecule has 0 bridgehead atoms. The van der Waals surface area contributed by atoms with E-state index in [4.69, 9.17) is 5.90 Å². The number of rotatable bonds is 2. The Kier molecular flexibility index (Phi) is 3.90. The third-order valence-corrected chi connectivity index (χ3v) is 1.50. The molecule has 64 valence electrons. The quantitative estimate of drug-likeness (QED) is 0.377. The van der Waals surface area contributed by atoms with Crippen LogP contribution in [0.1, 0.15) is 27.7 Å². The van der Waals surface area contributed by atoms with E-state index in [-0.39, 0.29) is 5.41 Å². The number of hydrogen-bond donors (Lipinski definition) is 1. The van der Waals surface area contributed by atoms with E-state index in [1.165, 1.54) is 11.8 Å². The smallest absolute Gasteiger partial charge is 0.111 e. The summed E-state index contributed by atoms with van der Waals surface area (Å²) < 4.78 is 0. The molecule has 2 heteroatoms. The SMILES string of the molecule is C/C=C(\C=C/ON)C(C)(C)C. The largest absolute Gasteiger partial charge is 0.419 e. The van der Waals surface area contributed by atoms with E-state index in [0.29, 0.717) is 0 Å². The first kappa shape index (κ1) is 10.2. The minimum atomic E-state index is 0.157. The highest BCUT2D eigenvalue weighted by molar-refractivity contribution is 5.22. The number of hydrogen-bond acceptors (Lipinski definition) is 2. The molecule has 0 spiro atoms. The maximum Gasteiger partial charge on any atom is 0.111 e. The molecule has 0 atom stereocenters. The van der Waals surface area contributed by atoms with Gasteiger partial charge in [-0.2, -0.15) is 5.90 Å². The second-order valence-electron chi connectivity index (χ2n) is 3.43. The second kappa shape index (κ2) is 4.19. The molecule has 2 nitrogen and oxygen atoms in total. The van der Waals surface area contributed by atoms with Gasteiger partial charge in [-0.1, -0.05) is 26.8 Å². The summed E-state index contributed by atoms with van der Waals surface area (Å²) in [6.45, 7) is 8.43. The molecule has 0 aromatic rings. The molecule has 0 saturated heterocycles. The Balaban J connectivity index is 4.33. The Morgan fingerprint density at radius 1 is 1.36 bits per heavy atom. The standard InChI is InChI=1S/C9H17NO/c1-5-8(6-7-11-10)9(2,3)4/h5-7H,10H2,1-4H3/b7-6-,8-5+. The van der Waals surface area contributed by atoms with Gasteiger partial charge in [-0.25, -0.2) is 0 Å². The fourth-order valence-corrected chi connectivity index (χ4v) is 0.892. The maximum atomic E-state index is 4.86. The van der Waals surface area contributed by atoms with E-state index in [2.05, 4.69) is 31.7 Å². The molecule has 0 rings (SSSR count). The Hall–Kier alpha value is -0.760. The fraction of sp³-hybridized carbons (Fsp3) is 0.556. The molecule has 0 amide bonds. The molecule has 0 radical (unpaired) electrons. The number of nitrogens with two attached hydrogens (primary N) is 1. The van der Waals surface area contributed by atoms with Crippen LogP contribution in [0.3, 0.4) is 0 Å². The first-order valence-corrected chi connectivity index (χ1v) is 3.71. The topological polar surface area (TPSA) is 35.2 Å². The van der Waals surface area contributed by atoms with Gasteiger partial charge in [0.05, 0.1) is 0 Å². The number of allylic oxidation sites excluding steroid dienone is 3. The first-order chi connectivity index (χ1) is 5.02. The van der Waals surface area contributed by atoms with Gasteiger partial charge in [0, 0.05) is 0 Å². The summed E-state index contributed by atoms with van der Waals surface area (Å²) in [5.74, 6) is 4.86. The molecule has 0 saturated carbocycles. The van der Waals surface area contributed by atoms with Crippen LogP contribution in [-0.2, 0) is 4.84 Å². The van der Waals surface area contributed by atoms with Crippen LogP contribution in [0.5, 0.6) is 0 Å². The van der Waals surface area contributed by atoms with Crippen molar-refractivity contribution < 1.29 is 4.84 Å². The summed E-state index contributed by atoms with van der Waals surface area (Å²) in [6, 6.07) is 0. The fourth-order valence-electron chi connectivity index (χ4n) is 0.892. The van der Waals surface area contributed by atoms with Gasteiger partial charge in [0.2, 0.25) is 0 Å². The van der Waals surface area contributed by atoms with Gasteiger partial charge in [0.15, 0.2) is 0 Å². The van der Waals surface area contributed by atoms with Crippen LogP contribution in [0.2, 0.25) is 0 Å². The van der Waals surface area contributed by atoms with Gasteiger partial charge in [0.25, 0.3) is 0 Å². The minimum Gasteiger partial charge on any atom is -0.419 e. The van der Waals surface area contributed by atoms with Gasteiger partial charge in [0.1, 0.15) is 6.26 Å². The lowest BCUT2D eigenvalue weighted by atomic mass is 9.86. The van der Waals surface area contributed by atoms with Gasteiger partial charge < -0.3 is 4.84 Å². The van der Waals surface area contributed by atoms with Crippen molar-refractivity contribution in [3.63, 3.8) is 0 Å². The van der Waals surface area contributed by atoms with Crippen molar-refractivity contribution in [2.75, 3.05) is 0 Å². The molecule has 0 fully saturated rings. The molecular weight excluding hydrogens is 138 g/mol. The predicted octanol–water partition coefficient (Wildman–Crippen LogP) is 2.38. The monoisotopic (exact) mass is 155 g/mol. The van der Waals surface area contributed by atoms with Crippen molar-refractivity contribution in [1.82, 2.24) is 0 Å². The van der Waals surface area contributed by atoms with Crippen molar-refractivity contribution in [2.24, 2.45) is 11.3 Å². The van der Waals surface area contributed by atoms with Gasteiger partial charge in [-0.3, -0.25) is 0 Å². The minimum absolute atomic E-state index is 0.157. The molecule has 0 aliphatic heterocycles. The van der Waals surface area contributed by atoms with E-state index in [1.807, 2.05) is 13.0 Å². The zero-order valence-electron chi connectivity index (χ0n) is 7.72. The van der Waals surface area contributed by atoms with E-state index < -0.39 is 0 Å². The summed E-state index contributed by atoms with van der Waals surface area (Å²) >= 11 is 0. The third kappa shape index (κ3) is 3.83. The average molecular weight is 155 g/mol. The molecule has 2 N–H and O–H groups in total. The second-order valence-corrected chi connectivity index (χ2v) is 3.43. The van der Waals surface area contributed by atoms with Gasteiger partial charge in [-0.05, 0) is 24.0 Å². The summed E-state index contributed by atoms with van der Waals surface area (Å²) in [5, 5.41) is 0. The molecule has 0 aromatic heterocycles. The van der Waals surface area contributed by atoms with Crippen molar-refractivity contribution in [3.8, 4) is 0 Å². The van der Waals surface area contributed by atoms with Crippen molar-refractivity contribution >= 4 is 0 Å². The zero-order valence-corrected chi connectivity index (χ0v) is 7.72. The van der Waals surface area contributed by atoms with Crippen molar-refractivity contribution in [1.29, 1.82) is 0 Å². The van der Waals surface area contributed by atoms with E-state index in [1.54, 1.807) is 0 Å². The molecule has 0 heterocycles. The van der Waals surface area contributed by atoms with Crippen LogP contribution >= 0.6 is 0 Å². The van der Waals surface area contributed by atoms with Crippen LogP contribution in [0.4, 0.5) is 0 Å². The summed E-state index contributed by atoms with van der Waals surface area (Å²) in [5.41, 5.74) is 1.37. The van der Waals surface area contributed by atoms with Crippen molar-refractivity contribution in [2.45, 2.75) is 27.7 Å². The van der Waals surface area contributed by atoms with Crippen LogP contribution in [0, 0.1) is 5.41 Å². The molecule has 11 heavy (non-hydrogen) atoms. The predicted molar refractivity (Wildman–Crippen MR) is 47.6 cm³/mol. The van der Waals surface area contributed by atoms with Crippen LogP contribution < -0.4 is 5.90 Å². The average Bonchev–Trinajstić information content (AvgIpc) is 1.87. The lowest BCUT2D eigenvalue weighted by molar-refractivity contribution is 0.260. The van der Waals surface area contributed by atoms with Gasteiger partial charge in [-0.15, -0.1) is 0 Å². The molecule has 0 aromatic carbocycles. The van der Waals surface area contributed by atoms with Crippen LogP contribution in [0.15, 0.2) is 24.0 Å². The maximum absolute atomic E-state index is 4.86. The van der Waals surface area contributed by atoms with E-state index in [0.717, 1.165) is 0 Å². The lowest BCUT2D eigenvalue weighted by Crippen LogP contribution is -2.07. The Bertz CT molecular complexity index is 163. The lowest BCUT2D eigenvalue weighted by Gasteiger charge is -2.19. The third-order valence-electron chi connectivity index (χ3n) is 1.50. The molecular formula is C9H17NO. The normalized spacial score (nSPS) is 14.1. The van der Waals surface area contributed by atoms with E-state index in [9.17, 15) is 0 Å². The highest BCUT2D eigenvalue weighted by atomic mass is 16.6. The van der Waals surface area contributed by atoms with Crippen molar-refractivity contribution in [3.05, 3.63) is 24.0 Å². The molecule has 0 aliphatic rings. The summed E-state index contributed by atoms with van der Waals surface area (Å²) in [7, 11) is 0. The summed E-state index contributed by atoms with van der Waals surface area (Å²) in [4.78, 5) is 4.35. The van der Waals surface area contributed by atoms with Crippen LogP contribution in [-0.4, -0.2) is 0 Å². The highest BCUT2D eigenvalue weighted by Gasteiger charge is 2.12. The molecule has 0 aliphatic carbocycles. The van der Waals surface area contributed by atoms with E-state index >= 15 is 0 Å². The highest BCUT2D eigenvalue weighted by Crippen LogP contribution is 2.25. The Labute approximate surface area is 68.7 Å². The first-order valence-electron chi connectivity index (χ1n) is 3.71. The molecule has 0 unspecified atom stereocenters. The summed E-state index contributed by atoms with van der Waals surface area (Å²) in [6.07, 6.45) is 5.41. The van der Waals surface area contributed by atoms with Crippen LogP contribution in [0.25, 0.3) is 0 Å².